The van der Waals surface area contributed by atoms with Crippen LogP contribution in [-0.2, 0) is 9.47 Å². The number of carbonyl (C=O) groups is 1. The molecule has 2 unspecified atom stereocenters. The molecule has 2 saturated carbocycles. The minimum atomic E-state index is -0.211. The lowest BCUT2D eigenvalue weighted by Gasteiger charge is -2.61. The van der Waals surface area contributed by atoms with Gasteiger partial charge in [0.15, 0.2) is 5.96 Å². The molecule has 0 bridgehead atoms. The highest BCUT2D eigenvalue weighted by atomic mass is 16.6. The zero-order chi connectivity index (χ0) is 17.9. The third kappa shape index (κ3) is 3.43. The topological polar surface area (TPSA) is 66.4 Å². The molecule has 1 N–H and O–H groups in total. The van der Waals surface area contributed by atoms with Crippen molar-refractivity contribution in [3.63, 3.8) is 0 Å². The summed E-state index contributed by atoms with van der Waals surface area (Å²) in [4.78, 5) is 20.3. The smallest absolute Gasteiger partial charge is 0.409 e. The molecule has 3 aliphatic rings. The Kier molecular flexibility index (Phi) is 5.71. The first-order chi connectivity index (χ1) is 12.1. The van der Waals surface area contributed by atoms with Crippen LogP contribution in [-0.4, -0.2) is 80.4 Å². The van der Waals surface area contributed by atoms with Crippen LogP contribution in [0.4, 0.5) is 4.79 Å². The molecule has 1 aliphatic heterocycles. The van der Waals surface area contributed by atoms with Crippen LogP contribution in [0.15, 0.2) is 4.99 Å². The van der Waals surface area contributed by atoms with E-state index in [4.69, 9.17) is 9.47 Å². The molecule has 7 heteroatoms. The largest absolute Gasteiger partial charge is 0.450 e. The Morgan fingerprint density at radius 3 is 2.36 bits per heavy atom. The van der Waals surface area contributed by atoms with E-state index in [0.29, 0.717) is 37.3 Å². The van der Waals surface area contributed by atoms with E-state index in [-0.39, 0.29) is 6.09 Å². The third-order valence-corrected chi connectivity index (χ3v) is 6.06. The number of piperazine rings is 1. The van der Waals surface area contributed by atoms with Gasteiger partial charge < -0.3 is 24.6 Å². The van der Waals surface area contributed by atoms with Gasteiger partial charge in [-0.3, -0.25) is 4.99 Å². The number of aliphatic imine (C=N–C) groups is 1. The highest BCUT2D eigenvalue weighted by Gasteiger charge is 2.59. The number of amides is 1. The second-order valence-electron chi connectivity index (χ2n) is 7.18. The number of ether oxygens (including phenoxy) is 2. The summed E-state index contributed by atoms with van der Waals surface area (Å²) in [7, 11) is 1.84. The molecule has 1 saturated heterocycles. The monoisotopic (exact) mass is 352 g/mol. The summed E-state index contributed by atoms with van der Waals surface area (Å²) in [5, 5.41) is 3.68. The SMILES string of the molecule is CCOC(=O)N1CCN(C(=NC)NC2CC(OCC)C23CCC3)CC1. The Labute approximate surface area is 150 Å². The van der Waals surface area contributed by atoms with Crippen LogP contribution < -0.4 is 5.32 Å². The van der Waals surface area contributed by atoms with E-state index >= 15 is 0 Å². The number of rotatable bonds is 4. The summed E-state index contributed by atoms with van der Waals surface area (Å²) in [6.07, 6.45) is 5.07. The molecule has 0 aromatic carbocycles. The van der Waals surface area contributed by atoms with Crippen molar-refractivity contribution in [1.82, 2.24) is 15.1 Å². The molecule has 0 aromatic rings. The Morgan fingerprint density at radius 2 is 1.84 bits per heavy atom. The van der Waals surface area contributed by atoms with Crippen LogP contribution in [0.5, 0.6) is 0 Å². The minimum Gasteiger partial charge on any atom is -0.450 e. The predicted molar refractivity (Wildman–Crippen MR) is 96.8 cm³/mol. The third-order valence-electron chi connectivity index (χ3n) is 6.06. The molecule has 7 nitrogen and oxygen atoms in total. The van der Waals surface area contributed by atoms with E-state index in [1.807, 2.05) is 14.0 Å². The highest BCUT2D eigenvalue weighted by Crippen LogP contribution is 2.57. The van der Waals surface area contributed by atoms with Gasteiger partial charge >= 0.3 is 6.09 Å². The molecule has 3 rings (SSSR count). The predicted octanol–water partition coefficient (Wildman–Crippen LogP) is 1.68. The first kappa shape index (κ1) is 18.3. The highest BCUT2D eigenvalue weighted by molar-refractivity contribution is 5.81. The normalized spacial score (nSPS) is 28.4. The Hall–Kier alpha value is -1.50. The zero-order valence-electron chi connectivity index (χ0n) is 15.8. The summed E-state index contributed by atoms with van der Waals surface area (Å²) in [6.45, 7) is 8.06. The van der Waals surface area contributed by atoms with Gasteiger partial charge in [-0.2, -0.15) is 0 Å². The van der Waals surface area contributed by atoms with E-state index in [9.17, 15) is 4.79 Å². The zero-order valence-corrected chi connectivity index (χ0v) is 15.8. The molecule has 2 aliphatic carbocycles. The number of hydrogen-bond donors (Lipinski definition) is 1. The first-order valence-corrected chi connectivity index (χ1v) is 9.66. The molecular weight excluding hydrogens is 320 g/mol. The van der Waals surface area contributed by atoms with Gasteiger partial charge in [0.05, 0.1) is 12.7 Å². The summed E-state index contributed by atoms with van der Waals surface area (Å²) >= 11 is 0. The number of nitrogens with zero attached hydrogens (tertiary/aromatic N) is 3. The molecule has 142 valence electrons. The Balaban J connectivity index is 1.52. The number of hydrogen-bond acceptors (Lipinski definition) is 4. The average Bonchev–Trinajstić information content (AvgIpc) is 2.56. The molecule has 1 heterocycles. The van der Waals surface area contributed by atoms with Crippen molar-refractivity contribution >= 4 is 12.1 Å². The van der Waals surface area contributed by atoms with Gasteiger partial charge in [-0.05, 0) is 33.1 Å². The second kappa shape index (κ2) is 7.81. The fourth-order valence-electron chi connectivity index (χ4n) is 4.41. The van der Waals surface area contributed by atoms with E-state index in [1.54, 1.807) is 4.90 Å². The molecule has 25 heavy (non-hydrogen) atoms. The van der Waals surface area contributed by atoms with E-state index in [2.05, 4.69) is 22.1 Å². The van der Waals surface area contributed by atoms with Gasteiger partial charge in [0.2, 0.25) is 0 Å². The van der Waals surface area contributed by atoms with Crippen LogP contribution in [0, 0.1) is 5.41 Å². The minimum absolute atomic E-state index is 0.211. The fraction of sp³-hybridized carbons (Fsp3) is 0.889. The number of guanidine groups is 1. The summed E-state index contributed by atoms with van der Waals surface area (Å²) in [5.74, 6) is 0.953. The van der Waals surface area contributed by atoms with Gasteiger partial charge in [0.1, 0.15) is 0 Å². The van der Waals surface area contributed by atoms with Gasteiger partial charge in [-0.25, -0.2) is 4.79 Å². The van der Waals surface area contributed by atoms with Gasteiger partial charge in [0, 0.05) is 51.3 Å². The van der Waals surface area contributed by atoms with E-state index < -0.39 is 0 Å². The number of carbonyl (C=O) groups excluding carboxylic acids is 1. The molecule has 2 atom stereocenters. The average molecular weight is 352 g/mol. The van der Waals surface area contributed by atoms with Gasteiger partial charge in [-0.15, -0.1) is 0 Å². The maximum Gasteiger partial charge on any atom is 0.409 e. The summed E-state index contributed by atoms with van der Waals surface area (Å²) in [5.41, 5.74) is 0.318. The van der Waals surface area contributed by atoms with Crippen LogP contribution in [0.3, 0.4) is 0 Å². The van der Waals surface area contributed by atoms with Gasteiger partial charge in [-0.1, -0.05) is 6.42 Å². The van der Waals surface area contributed by atoms with Crippen LogP contribution in [0.2, 0.25) is 0 Å². The maximum absolute atomic E-state index is 11.8. The maximum atomic E-state index is 11.8. The van der Waals surface area contributed by atoms with Crippen molar-refractivity contribution < 1.29 is 14.3 Å². The Morgan fingerprint density at radius 1 is 1.16 bits per heavy atom. The van der Waals surface area contributed by atoms with Crippen molar-refractivity contribution in [2.45, 2.75) is 51.7 Å². The molecule has 0 radical (unpaired) electrons. The fourth-order valence-corrected chi connectivity index (χ4v) is 4.41. The van der Waals surface area contributed by atoms with Crippen molar-refractivity contribution in [2.24, 2.45) is 10.4 Å². The van der Waals surface area contributed by atoms with E-state index in [0.717, 1.165) is 32.1 Å². The van der Waals surface area contributed by atoms with Crippen molar-refractivity contribution in [3.05, 3.63) is 0 Å². The van der Waals surface area contributed by atoms with Crippen molar-refractivity contribution in [1.29, 1.82) is 0 Å². The quantitative estimate of drug-likeness (QED) is 0.616. The van der Waals surface area contributed by atoms with Crippen LogP contribution in [0.25, 0.3) is 0 Å². The van der Waals surface area contributed by atoms with Gasteiger partial charge in [0.25, 0.3) is 0 Å². The molecule has 3 fully saturated rings. The number of nitrogens with one attached hydrogen (secondary N) is 1. The standard InChI is InChI=1S/C18H32N4O3/c1-4-24-15-13-14(18(15)7-6-8-18)20-16(19-3)21-9-11-22(12-10-21)17(23)25-5-2/h14-15H,4-13H2,1-3H3,(H,19,20). The lowest BCUT2D eigenvalue weighted by Crippen LogP contribution is -2.69. The lowest BCUT2D eigenvalue weighted by atomic mass is 9.51. The molecular formula is C18H32N4O3. The van der Waals surface area contributed by atoms with Crippen molar-refractivity contribution in [3.8, 4) is 0 Å². The van der Waals surface area contributed by atoms with Crippen LogP contribution >= 0.6 is 0 Å². The Bertz CT molecular complexity index is 499. The van der Waals surface area contributed by atoms with Crippen LogP contribution in [0.1, 0.15) is 39.5 Å². The molecule has 1 amide bonds. The summed E-state index contributed by atoms with van der Waals surface area (Å²) in [6, 6.07) is 0.458. The molecule has 1 spiro atoms. The summed E-state index contributed by atoms with van der Waals surface area (Å²) < 4.78 is 11.0. The first-order valence-electron chi connectivity index (χ1n) is 9.66. The second-order valence-corrected chi connectivity index (χ2v) is 7.18. The lowest BCUT2D eigenvalue weighted by molar-refractivity contribution is -0.169. The molecule has 0 aromatic heterocycles. The van der Waals surface area contributed by atoms with Crippen molar-refractivity contribution in [2.75, 3.05) is 46.4 Å². The van der Waals surface area contributed by atoms with E-state index in [1.165, 1.54) is 19.3 Å².